The number of hydrogen-bond donors (Lipinski definition) is 12. The van der Waals surface area contributed by atoms with E-state index in [1.54, 1.807) is 123 Å². The lowest BCUT2D eigenvalue weighted by atomic mass is 9.44. The number of allylic oxidation sites excluding steroid dienone is 4. The number of fused-ring (bicyclic) bond motifs is 5. The largest absolute Gasteiger partial charge is 0.390 e. The van der Waals surface area contributed by atoms with E-state index >= 15 is 4.39 Å². The van der Waals surface area contributed by atoms with E-state index in [2.05, 4.69) is 58.2 Å². The molecule has 0 saturated heterocycles. The Hall–Kier alpha value is -12.1. The van der Waals surface area contributed by atoms with Crippen molar-refractivity contribution in [2.24, 2.45) is 85.0 Å². The number of aliphatic hydroxyl groups excluding tert-OH is 1. The first-order chi connectivity index (χ1) is 50.6. The standard InChI is InChI=1S/C74H86FN19O13/c1-40-23-51-50-15-14-41-24-49(95)16-17-71(41,2)73(50,75)59(96)32-72(51,3)74(40,107)70(106)79-20-19-78-63(99)53-27-44(35-89(53)6)82-66(102)56-29-46(37-91(56)8)84-67(103)57-28-45(36-93(57)10)83-64(100)54-25-42(33-90(54)7)80-60(97)13-12-18-77-62(98)52-26-43(34-88(52)5)81-65(101)55-30-47(38-92(55)9)85-68(104)58-31-48(39-94(58)11)86-69(105)61-76-21-22-87(61)4/h16-17,21-22,24-31,33-40,50-51,59,96,107H,12-15,18-20,23,32H2,1-11H3,(H,77,98)(H,78,99)(H,79,106)(H,80,97)(H,81,101)(H,82,102)(H,83,100)(H,84,103)(H,85,104)(H,86,105)/t40-,50+,51+,59+,71+,72+,73+,74+/m1/s1. The maximum atomic E-state index is 17.7. The summed E-state index contributed by atoms with van der Waals surface area (Å²) in [5.74, 6) is -6.92. The second kappa shape index (κ2) is 28.7. The number of aliphatic hydroxyl groups is 2. The van der Waals surface area contributed by atoms with E-state index in [4.69, 9.17) is 0 Å². The molecule has 12 rings (SSSR count). The van der Waals surface area contributed by atoms with E-state index in [9.17, 15) is 63.0 Å². The highest BCUT2D eigenvalue weighted by Gasteiger charge is 2.76. The van der Waals surface area contributed by atoms with Gasteiger partial charge in [-0.3, -0.25) is 52.7 Å². The highest BCUT2D eigenvalue weighted by molar-refractivity contribution is 6.11. The Balaban J connectivity index is 0.559. The Morgan fingerprint density at radius 1 is 0.514 bits per heavy atom. The summed E-state index contributed by atoms with van der Waals surface area (Å²) in [5.41, 5.74) is -2.30. The molecule has 0 spiro atoms. The molecule has 0 bridgehead atoms. The number of imidazole rings is 1. The van der Waals surface area contributed by atoms with Gasteiger partial charge in [-0.15, -0.1) is 0 Å². The summed E-state index contributed by atoms with van der Waals surface area (Å²) in [4.78, 5) is 151. The first-order valence-corrected chi connectivity index (χ1v) is 34.8. The second-order valence-electron chi connectivity index (χ2n) is 28.7. The van der Waals surface area contributed by atoms with Crippen molar-refractivity contribution in [2.75, 3.05) is 56.9 Å². The summed E-state index contributed by atoms with van der Waals surface area (Å²) in [5, 5.41) is 51.8. The molecule has 10 amide bonds. The van der Waals surface area contributed by atoms with Gasteiger partial charge < -0.3 is 99.9 Å². The van der Waals surface area contributed by atoms with Crippen LogP contribution in [0.1, 0.15) is 143 Å². The zero-order valence-corrected chi connectivity index (χ0v) is 60.9. The van der Waals surface area contributed by atoms with E-state index in [-0.39, 0.29) is 113 Å². The Labute approximate surface area is 613 Å². The Morgan fingerprint density at radius 3 is 1.29 bits per heavy atom. The third kappa shape index (κ3) is 14.0. The molecule has 0 unspecified atom stereocenters. The van der Waals surface area contributed by atoms with Gasteiger partial charge >= 0.3 is 0 Å². The van der Waals surface area contributed by atoms with Crippen LogP contribution in [0, 0.1) is 28.6 Å². The molecule has 0 aromatic carbocycles. The maximum Gasteiger partial charge on any atom is 0.291 e. The third-order valence-electron chi connectivity index (χ3n) is 21.6. The molecular formula is C74H86FN19O13. The summed E-state index contributed by atoms with van der Waals surface area (Å²) < 4.78 is 29.9. The van der Waals surface area contributed by atoms with Crippen molar-refractivity contribution in [1.82, 2.24) is 57.5 Å². The van der Waals surface area contributed by atoms with E-state index in [0.29, 0.717) is 47.6 Å². The van der Waals surface area contributed by atoms with Crippen LogP contribution in [0.2, 0.25) is 0 Å². The van der Waals surface area contributed by atoms with Gasteiger partial charge in [0.05, 0.1) is 45.9 Å². The van der Waals surface area contributed by atoms with E-state index in [0.717, 1.165) is 0 Å². The summed E-state index contributed by atoms with van der Waals surface area (Å²) in [6, 6.07) is 10.4. The number of ketones is 1. The number of amides is 10. The number of halogens is 1. The van der Waals surface area contributed by atoms with Crippen LogP contribution < -0.4 is 53.2 Å². The number of hydrogen-bond acceptors (Lipinski definition) is 14. The summed E-state index contributed by atoms with van der Waals surface area (Å²) in [7, 11) is 13.1. The fourth-order valence-electron chi connectivity index (χ4n) is 16.1. The molecule has 32 nitrogen and oxygen atoms in total. The lowest BCUT2D eigenvalue weighted by Gasteiger charge is -2.62. The number of alkyl halides is 1. The number of aryl methyl sites for hydroxylation is 8. The smallest absolute Gasteiger partial charge is 0.291 e. The van der Waals surface area contributed by atoms with Gasteiger partial charge in [-0.1, -0.05) is 25.5 Å². The average Bonchev–Trinajstić information content (AvgIpc) is 1.54. The molecule has 12 N–H and O–H groups in total. The Morgan fingerprint density at radius 2 is 0.888 bits per heavy atom. The zero-order chi connectivity index (χ0) is 77.1. The van der Waals surface area contributed by atoms with Crippen LogP contribution >= 0.6 is 0 Å². The van der Waals surface area contributed by atoms with Crippen molar-refractivity contribution in [3.05, 3.63) is 168 Å². The van der Waals surface area contributed by atoms with E-state index in [1.807, 2.05) is 0 Å². The monoisotopic (exact) mass is 1470 g/mol. The fourth-order valence-corrected chi connectivity index (χ4v) is 16.1. The highest BCUT2D eigenvalue weighted by Crippen LogP contribution is 2.70. The molecular weight excluding hydrogens is 1380 g/mol. The van der Waals surface area contributed by atoms with Gasteiger partial charge in [0.25, 0.3) is 53.2 Å². The first kappa shape index (κ1) is 74.6. The zero-order valence-electron chi connectivity index (χ0n) is 60.9. The topological polar surface area (TPSA) is 401 Å². The second-order valence-corrected chi connectivity index (χ2v) is 28.7. The Bertz CT molecular complexity index is 5050. The third-order valence-corrected chi connectivity index (χ3v) is 21.6. The maximum absolute atomic E-state index is 17.7. The molecule has 4 aliphatic rings. The molecule has 107 heavy (non-hydrogen) atoms. The van der Waals surface area contributed by atoms with Crippen molar-refractivity contribution in [3.63, 3.8) is 0 Å². The van der Waals surface area contributed by atoms with Crippen molar-refractivity contribution >= 4 is 105 Å². The van der Waals surface area contributed by atoms with Gasteiger partial charge in [0.15, 0.2) is 22.9 Å². The van der Waals surface area contributed by atoms with Crippen LogP contribution in [-0.2, 0) is 70.8 Å². The normalized spacial score (nSPS) is 22.0. The van der Waals surface area contributed by atoms with Crippen molar-refractivity contribution in [2.45, 2.75) is 76.7 Å². The summed E-state index contributed by atoms with van der Waals surface area (Å²) in [6.07, 6.45) is 18.1. The number of nitrogens with one attached hydrogen (secondary N) is 10. The fraction of sp³-hybridized carbons (Fsp3) is 0.378. The quantitative estimate of drug-likeness (QED) is 0.0345. The number of carbonyl (C=O) groups excluding carboxylic acids is 11. The molecule has 4 aliphatic carbocycles. The number of aromatic nitrogens is 9. The lowest BCUT2D eigenvalue weighted by Crippen LogP contribution is -2.70. The minimum Gasteiger partial charge on any atom is -0.390 e. The molecule has 3 saturated carbocycles. The molecule has 0 radical (unpaired) electrons. The van der Waals surface area contributed by atoms with Gasteiger partial charge in [0.1, 0.15) is 39.9 Å². The van der Waals surface area contributed by atoms with Crippen molar-refractivity contribution < 1.29 is 67.3 Å². The molecule has 0 aliphatic heterocycles. The predicted molar refractivity (Wildman–Crippen MR) is 392 cm³/mol. The van der Waals surface area contributed by atoms with Gasteiger partial charge in [-0.25, -0.2) is 9.37 Å². The number of nitrogens with zero attached hydrogens (tertiary/aromatic N) is 9. The van der Waals surface area contributed by atoms with Crippen molar-refractivity contribution in [3.8, 4) is 0 Å². The molecule has 8 atom stereocenters. The minimum absolute atomic E-state index is 0.0153. The molecule has 8 aromatic heterocycles. The lowest BCUT2D eigenvalue weighted by molar-refractivity contribution is -0.219. The number of rotatable bonds is 23. The first-order valence-electron chi connectivity index (χ1n) is 34.8. The van der Waals surface area contributed by atoms with Crippen LogP contribution in [0.3, 0.4) is 0 Å². The van der Waals surface area contributed by atoms with Crippen LogP contribution in [-0.4, -0.2) is 154 Å². The summed E-state index contributed by atoms with van der Waals surface area (Å²) in [6.45, 7) is 5.24. The number of anilines is 7. The van der Waals surface area contributed by atoms with Gasteiger partial charge in [0.2, 0.25) is 5.91 Å². The van der Waals surface area contributed by atoms with E-state index < -0.39 is 99.1 Å². The SMILES string of the molecule is C[C@@H]1C[C@H]2[C@@H]3CCC4=CC(=O)C=C[C@]4(C)[C@@]3(F)[C@@H](O)C[C@]2(C)[C@@]1(O)C(=O)NCCNC(=O)c1cc(NC(=O)c2cc(NC(=O)c3cc(NC(=O)c4cc(NC(=O)CCCNC(=O)c5cc(NC(=O)c6cc(NC(=O)c7cc(NC(=O)c8nccn8C)cn7C)cn6C)cn5C)cn4C)cn3C)cn2C)cn1C. The summed E-state index contributed by atoms with van der Waals surface area (Å²) >= 11 is 0. The molecule has 8 heterocycles. The minimum atomic E-state index is -2.12. The highest BCUT2D eigenvalue weighted by atomic mass is 19.1. The molecule has 8 aromatic rings. The predicted octanol–water partition coefficient (Wildman–Crippen LogP) is 5.65. The molecule has 3 fully saturated rings. The van der Waals surface area contributed by atoms with Crippen LogP contribution in [0.25, 0.3) is 0 Å². The van der Waals surface area contributed by atoms with E-state index in [1.165, 1.54) is 107 Å². The Kier molecular flexibility index (Phi) is 20.0. The van der Waals surface area contributed by atoms with Gasteiger partial charge in [-0.05, 0) is 105 Å². The van der Waals surface area contributed by atoms with Gasteiger partial charge in [-0.2, -0.15) is 0 Å². The van der Waals surface area contributed by atoms with Crippen molar-refractivity contribution in [1.29, 1.82) is 0 Å². The van der Waals surface area contributed by atoms with Crippen LogP contribution in [0.5, 0.6) is 0 Å². The average molecular weight is 1470 g/mol. The van der Waals surface area contributed by atoms with Crippen LogP contribution in [0.15, 0.2) is 122 Å². The number of carbonyl (C=O) groups is 11. The molecule has 562 valence electrons. The molecule has 33 heteroatoms. The van der Waals surface area contributed by atoms with Crippen LogP contribution in [0.4, 0.5) is 44.2 Å². The van der Waals surface area contributed by atoms with Gasteiger partial charge in [0, 0.05) is 155 Å².